The van der Waals surface area contributed by atoms with Gasteiger partial charge in [-0.1, -0.05) is 0 Å². The summed E-state index contributed by atoms with van der Waals surface area (Å²) in [6, 6.07) is 7.93. The predicted octanol–water partition coefficient (Wildman–Crippen LogP) is 1.15. The van der Waals surface area contributed by atoms with Crippen LogP contribution in [0.25, 0.3) is 0 Å². The van der Waals surface area contributed by atoms with Gasteiger partial charge in [0, 0.05) is 18.3 Å². The molecule has 4 N–H and O–H groups in total. The molecule has 1 aromatic heterocycles. The summed E-state index contributed by atoms with van der Waals surface area (Å²) in [5, 5.41) is 9.61. The van der Waals surface area contributed by atoms with Crippen molar-refractivity contribution >= 4 is 17.6 Å². The Morgan fingerprint density at radius 2 is 1.95 bits per heavy atom. The SMILES string of the molecule is Cc1cc(CNC(=O)Nc2ccc(C(N)=O)cc2)n(C)n1. The van der Waals surface area contributed by atoms with E-state index in [4.69, 9.17) is 5.73 Å². The summed E-state index contributed by atoms with van der Waals surface area (Å²) in [4.78, 5) is 22.7. The molecule has 7 nitrogen and oxygen atoms in total. The average Bonchev–Trinajstić information content (AvgIpc) is 2.75. The Morgan fingerprint density at radius 3 is 2.48 bits per heavy atom. The quantitative estimate of drug-likeness (QED) is 0.786. The standard InChI is InChI=1S/C14H17N5O2/c1-9-7-12(19(2)18-9)8-16-14(21)17-11-5-3-10(4-6-11)13(15)20/h3-7H,8H2,1-2H3,(H2,15,20)(H2,16,17,21). The monoisotopic (exact) mass is 287 g/mol. The first-order chi connectivity index (χ1) is 9.95. The fraction of sp³-hybridized carbons (Fsp3) is 0.214. The van der Waals surface area contributed by atoms with E-state index in [1.807, 2.05) is 20.0 Å². The van der Waals surface area contributed by atoms with E-state index in [9.17, 15) is 9.59 Å². The fourth-order valence-electron chi connectivity index (χ4n) is 1.89. The van der Waals surface area contributed by atoms with Crippen molar-refractivity contribution in [3.05, 3.63) is 47.3 Å². The molecular weight excluding hydrogens is 270 g/mol. The average molecular weight is 287 g/mol. The van der Waals surface area contributed by atoms with E-state index < -0.39 is 5.91 Å². The number of aryl methyl sites for hydroxylation is 2. The van der Waals surface area contributed by atoms with Gasteiger partial charge in [0.1, 0.15) is 0 Å². The third-order valence-electron chi connectivity index (χ3n) is 2.96. The van der Waals surface area contributed by atoms with Crippen molar-refractivity contribution < 1.29 is 9.59 Å². The number of benzene rings is 1. The van der Waals surface area contributed by atoms with Gasteiger partial charge in [0.05, 0.1) is 17.9 Å². The van der Waals surface area contributed by atoms with Crippen LogP contribution in [0.15, 0.2) is 30.3 Å². The van der Waals surface area contributed by atoms with Gasteiger partial charge in [0.2, 0.25) is 5.91 Å². The first-order valence-electron chi connectivity index (χ1n) is 6.40. The lowest BCUT2D eigenvalue weighted by atomic mass is 10.2. The Morgan fingerprint density at radius 1 is 1.29 bits per heavy atom. The number of primary amides is 1. The second kappa shape index (κ2) is 6.08. The third kappa shape index (κ3) is 3.82. The van der Waals surface area contributed by atoms with E-state index in [0.717, 1.165) is 11.4 Å². The van der Waals surface area contributed by atoms with Crippen LogP contribution in [0.1, 0.15) is 21.7 Å². The van der Waals surface area contributed by atoms with Crippen molar-refractivity contribution in [1.29, 1.82) is 0 Å². The Labute approximate surface area is 122 Å². The maximum Gasteiger partial charge on any atom is 0.319 e. The molecule has 2 aromatic rings. The molecule has 7 heteroatoms. The van der Waals surface area contributed by atoms with Gasteiger partial charge >= 0.3 is 6.03 Å². The Balaban J connectivity index is 1.89. The zero-order chi connectivity index (χ0) is 15.4. The molecule has 0 spiro atoms. The minimum absolute atomic E-state index is 0.333. The maximum atomic E-state index is 11.8. The van der Waals surface area contributed by atoms with Gasteiger partial charge in [0.15, 0.2) is 0 Å². The van der Waals surface area contributed by atoms with Crippen molar-refractivity contribution in [2.45, 2.75) is 13.5 Å². The van der Waals surface area contributed by atoms with Crippen molar-refractivity contribution in [3.8, 4) is 0 Å². The number of amides is 3. The lowest BCUT2D eigenvalue weighted by Crippen LogP contribution is -2.29. The molecule has 0 unspecified atom stereocenters. The highest BCUT2D eigenvalue weighted by Crippen LogP contribution is 2.09. The van der Waals surface area contributed by atoms with Gasteiger partial charge in [0.25, 0.3) is 0 Å². The Bertz CT molecular complexity index is 661. The van der Waals surface area contributed by atoms with Crippen molar-refractivity contribution in [2.24, 2.45) is 12.8 Å². The smallest absolute Gasteiger partial charge is 0.319 e. The molecule has 0 saturated carbocycles. The van der Waals surface area contributed by atoms with Crippen LogP contribution < -0.4 is 16.4 Å². The molecule has 0 bridgehead atoms. The summed E-state index contributed by atoms with van der Waals surface area (Å²) >= 11 is 0. The molecule has 3 amide bonds. The number of nitrogens with two attached hydrogens (primary N) is 1. The van der Waals surface area contributed by atoms with E-state index >= 15 is 0 Å². The van der Waals surface area contributed by atoms with Crippen molar-refractivity contribution in [1.82, 2.24) is 15.1 Å². The minimum Gasteiger partial charge on any atom is -0.366 e. The maximum absolute atomic E-state index is 11.8. The molecular formula is C14H17N5O2. The van der Waals surface area contributed by atoms with Crippen molar-refractivity contribution in [3.63, 3.8) is 0 Å². The van der Waals surface area contributed by atoms with Gasteiger partial charge in [-0.05, 0) is 37.3 Å². The molecule has 1 aromatic carbocycles. The second-order valence-corrected chi connectivity index (χ2v) is 4.65. The number of hydrogen-bond acceptors (Lipinski definition) is 3. The predicted molar refractivity (Wildman–Crippen MR) is 78.8 cm³/mol. The molecule has 0 fully saturated rings. The summed E-state index contributed by atoms with van der Waals surface area (Å²) in [6.45, 7) is 2.27. The largest absolute Gasteiger partial charge is 0.366 e. The molecule has 110 valence electrons. The lowest BCUT2D eigenvalue weighted by Gasteiger charge is -2.08. The molecule has 0 radical (unpaired) electrons. The minimum atomic E-state index is -0.502. The number of nitrogens with one attached hydrogen (secondary N) is 2. The molecule has 0 aliphatic rings. The molecule has 2 rings (SSSR count). The number of urea groups is 1. The summed E-state index contributed by atoms with van der Waals surface area (Å²) in [5.41, 5.74) is 7.93. The molecule has 0 aliphatic carbocycles. The van der Waals surface area contributed by atoms with Crippen LogP contribution in [0, 0.1) is 6.92 Å². The molecule has 0 atom stereocenters. The van der Waals surface area contributed by atoms with Gasteiger partial charge in [-0.2, -0.15) is 5.10 Å². The van der Waals surface area contributed by atoms with Gasteiger partial charge in [-0.25, -0.2) is 4.79 Å². The van der Waals surface area contributed by atoms with Crippen LogP contribution >= 0.6 is 0 Å². The number of nitrogens with zero attached hydrogens (tertiary/aromatic N) is 2. The first kappa shape index (κ1) is 14.6. The van der Waals surface area contributed by atoms with Crippen LogP contribution in [-0.2, 0) is 13.6 Å². The highest BCUT2D eigenvalue weighted by molar-refractivity contribution is 5.94. The van der Waals surface area contributed by atoms with Gasteiger partial charge in [-0.3, -0.25) is 9.48 Å². The number of aromatic nitrogens is 2. The number of carbonyl (C=O) groups is 2. The zero-order valence-electron chi connectivity index (χ0n) is 11.9. The first-order valence-corrected chi connectivity index (χ1v) is 6.40. The summed E-state index contributed by atoms with van der Waals surface area (Å²) in [5.74, 6) is -0.502. The third-order valence-corrected chi connectivity index (χ3v) is 2.96. The lowest BCUT2D eigenvalue weighted by molar-refractivity contribution is 0.100. The van der Waals surface area contributed by atoms with Gasteiger partial charge < -0.3 is 16.4 Å². The van der Waals surface area contributed by atoms with Crippen LogP contribution in [0.3, 0.4) is 0 Å². The fourth-order valence-corrected chi connectivity index (χ4v) is 1.89. The van der Waals surface area contributed by atoms with Crippen molar-refractivity contribution in [2.75, 3.05) is 5.32 Å². The molecule has 0 saturated heterocycles. The van der Waals surface area contributed by atoms with E-state index in [2.05, 4.69) is 15.7 Å². The normalized spacial score (nSPS) is 10.2. The summed E-state index contributed by atoms with van der Waals surface area (Å²) < 4.78 is 1.72. The van der Waals surface area contributed by atoms with Crippen LogP contribution in [-0.4, -0.2) is 21.7 Å². The number of anilines is 1. The van der Waals surface area contributed by atoms with Crippen LogP contribution in [0.4, 0.5) is 10.5 Å². The van der Waals surface area contributed by atoms with Crippen LogP contribution in [0.2, 0.25) is 0 Å². The summed E-state index contributed by atoms with van der Waals surface area (Å²) in [6.07, 6.45) is 0. The van der Waals surface area contributed by atoms with E-state index in [-0.39, 0.29) is 6.03 Å². The molecule has 0 aliphatic heterocycles. The zero-order valence-corrected chi connectivity index (χ0v) is 11.9. The van der Waals surface area contributed by atoms with E-state index in [1.54, 1.807) is 28.9 Å². The van der Waals surface area contributed by atoms with Crippen LogP contribution in [0.5, 0.6) is 0 Å². The molecule has 1 heterocycles. The number of carbonyl (C=O) groups excluding carboxylic acids is 2. The number of rotatable bonds is 4. The highest BCUT2D eigenvalue weighted by atomic mass is 16.2. The number of hydrogen-bond donors (Lipinski definition) is 3. The second-order valence-electron chi connectivity index (χ2n) is 4.65. The van der Waals surface area contributed by atoms with E-state index in [1.165, 1.54) is 0 Å². The van der Waals surface area contributed by atoms with Gasteiger partial charge in [-0.15, -0.1) is 0 Å². The topological polar surface area (TPSA) is 102 Å². The van der Waals surface area contributed by atoms with E-state index in [0.29, 0.717) is 17.8 Å². The highest BCUT2D eigenvalue weighted by Gasteiger charge is 2.06. The molecule has 21 heavy (non-hydrogen) atoms. The Hall–Kier alpha value is -2.83. The summed E-state index contributed by atoms with van der Waals surface area (Å²) in [7, 11) is 1.82. The Kier molecular flexibility index (Phi) is 4.22.